The lowest BCUT2D eigenvalue weighted by molar-refractivity contribution is 0.101. The number of nitrogens with zero attached hydrogens (tertiary/aromatic N) is 2. The predicted octanol–water partition coefficient (Wildman–Crippen LogP) is 2.23. The molecule has 2 heterocycles. The highest BCUT2D eigenvalue weighted by atomic mass is 32.2. The zero-order chi connectivity index (χ0) is 11.5. The molecule has 1 unspecified atom stereocenters. The summed E-state index contributed by atoms with van der Waals surface area (Å²) in [6, 6.07) is 4.20. The van der Waals surface area contributed by atoms with E-state index < -0.39 is 0 Å². The van der Waals surface area contributed by atoms with E-state index in [9.17, 15) is 4.79 Å². The van der Waals surface area contributed by atoms with E-state index in [2.05, 4.69) is 16.9 Å². The zero-order valence-electron chi connectivity index (χ0n) is 9.64. The van der Waals surface area contributed by atoms with E-state index in [0.29, 0.717) is 6.04 Å². The average Bonchev–Trinajstić information content (AvgIpc) is 2.81. The molecular formula is C12H16N2OS. The van der Waals surface area contributed by atoms with Crippen LogP contribution in [-0.4, -0.2) is 35.4 Å². The highest BCUT2D eigenvalue weighted by Gasteiger charge is 2.21. The summed E-state index contributed by atoms with van der Waals surface area (Å²) in [6.07, 6.45) is 2.91. The van der Waals surface area contributed by atoms with E-state index >= 15 is 0 Å². The number of anilines is 1. The van der Waals surface area contributed by atoms with Crippen molar-refractivity contribution in [2.45, 2.75) is 19.4 Å². The molecule has 1 aliphatic heterocycles. The molecule has 1 aliphatic rings. The van der Waals surface area contributed by atoms with E-state index in [-0.39, 0.29) is 5.78 Å². The second-order valence-electron chi connectivity index (χ2n) is 4.09. The molecule has 0 aliphatic carbocycles. The van der Waals surface area contributed by atoms with Crippen LogP contribution in [-0.2, 0) is 0 Å². The number of thioether (sulfide) groups is 1. The van der Waals surface area contributed by atoms with Crippen LogP contribution in [0.2, 0.25) is 0 Å². The molecule has 16 heavy (non-hydrogen) atoms. The van der Waals surface area contributed by atoms with Crippen LogP contribution in [0.25, 0.3) is 0 Å². The fourth-order valence-electron chi connectivity index (χ4n) is 1.84. The van der Waals surface area contributed by atoms with Crippen molar-refractivity contribution in [3.05, 3.63) is 23.9 Å². The van der Waals surface area contributed by atoms with E-state index in [4.69, 9.17) is 0 Å². The molecule has 0 bridgehead atoms. The molecule has 0 radical (unpaired) electrons. The predicted molar refractivity (Wildman–Crippen MR) is 68.4 cm³/mol. The number of Topliss-reactive ketones (excluding diaryl/α,β-unsaturated/α-hetero) is 1. The average molecular weight is 236 g/mol. The number of pyridine rings is 1. The van der Waals surface area contributed by atoms with Gasteiger partial charge < -0.3 is 4.90 Å². The Kier molecular flexibility index (Phi) is 3.49. The maximum Gasteiger partial charge on any atom is 0.159 e. The molecule has 1 saturated heterocycles. The van der Waals surface area contributed by atoms with Crippen LogP contribution in [0.4, 0.5) is 5.82 Å². The van der Waals surface area contributed by atoms with E-state index in [0.717, 1.165) is 17.1 Å². The van der Waals surface area contributed by atoms with Crippen molar-refractivity contribution < 1.29 is 4.79 Å². The number of carbonyl (C=O) groups is 1. The minimum absolute atomic E-state index is 0.0952. The lowest BCUT2D eigenvalue weighted by Crippen LogP contribution is -2.32. The normalized spacial score (nSPS) is 19.8. The number of ketones is 1. The molecule has 1 aromatic rings. The van der Waals surface area contributed by atoms with Crippen molar-refractivity contribution in [3.63, 3.8) is 0 Å². The molecule has 2 rings (SSSR count). The molecule has 1 fully saturated rings. The summed E-state index contributed by atoms with van der Waals surface area (Å²) >= 11 is 1.98. The minimum Gasteiger partial charge on any atom is -0.356 e. The topological polar surface area (TPSA) is 33.2 Å². The smallest absolute Gasteiger partial charge is 0.159 e. The largest absolute Gasteiger partial charge is 0.356 e. The van der Waals surface area contributed by atoms with Gasteiger partial charge in [-0.1, -0.05) is 0 Å². The van der Waals surface area contributed by atoms with Crippen LogP contribution in [0.5, 0.6) is 0 Å². The number of aromatic nitrogens is 1. The molecular weight excluding hydrogens is 220 g/mol. The van der Waals surface area contributed by atoms with Crippen molar-refractivity contribution in [2.24, 2.45) is 0 Å². The van der Waals surface area contributed by atoms with Crippen molar-refractivity contribution in [3.8, 4) is 0 Å². The Hall–Kier alpha value is -1.03. The van der Waals surface area contributed by atoms with Crippen molar-refractivity contribution in [2.75, 3.05) is 23.5 Å². The van der Waals surface area contributed by atoms with Crippen LogP contribution in [0.1, 0.15) is 23.7 Å². The monoisotopic (exact) mass is 236 g/mol. The first kappa shape index (κ1) is 11.5. The quantitative estimate of drug-likeness (QED) is 0.754. The Labute approximate surface area is 100 Å². The molecule has 0 amide bonds. The Morgan fingerprint density at radius 1 is 1.62 bits per heavy atom. The fourth-order valence-corrected chi connectivity index (χ4v) is 3.11. The Morgan fingerprint density at radius 2 is 2.44 bits per heavy atom. The molecule has 86 valence electrons. The number of rotatable bonds is 3. The van der Waals surface area contributed by atoms with Crippen molar-refractivity contribution >= 4 is 23.4 Å². The Bertz CT molecular complexity index is 388. The van der Waals surface area contributed by atoms with Gasteiger partial charge in [0.15, 0.2) is 5.78 Å². The third kappa shape index (κ3) is 2.38. The van der Waals surface area contributed by atoms with Crippen molar-refractivity contribution in [1.29, 1.82) is 0 Å². The van der Waals surface area contributed by atoms with Gasteiger partial charge >= 0.3 is 0 Å². The molecule has 0 spiro atoms. The van der Waals surface area contributed by atoms with Crippen LogP contribution in [0.15, 0.2) is 18.3 Å². The van der Waals surface area contributed by atoms with Crippen LogP contribution < -0.4 is 4.90 Å². The van der Waals surface area contributed by atoms with Crippen molar-refractivity contribution in [1.82, 2.24) is 4.98 Å². The Morgan fingerprint density at radius 3 is 3.06 bits per heavy atom. The molecule has 0 N–H and O–H groups in total. The van der Waals surface area contributed by atoms with Crippen LogP contribution in [0, 0.1) is 0 Å². The lowest BCUT2D eigenvalue weighted by atomic mass is 10.1. The molecule has 1 atom stereocenters. The van der Waals surface area contributed by atoms with E-state index in [1.165, 1.54) is 12.2 Å². The molecule has 1 aromatic heterocycles. The van der Waals surface area contributed by atoms with Gasteiger partial charge in [-0.3, -0.25) is 4.79 Å². The molecule has 0 aromatic carbocycles. The summed E-state index contributed by atoms with van der Waals surface area (Å²) < 4.78 is 0. The van der Waals surface area contributed by atoms with Gasteiger partial charge in [0.05, 0.1) is 0 Å². The second-order valence-corrected chi connectivity index (χ2v) is 5.24. The fraction of sp³-hybridized carbons (Fsp3) is 0.500. The summed E-state index contributed by atoms with van der Waals surface area (Å²) in [5.74, 6) is 3.38. The summed E-state index contributed by atoms with van der Waals surface area (Å²) in [5, 5.41) is 0. The first-order valence-electron chi connectivity index (χ1n) is 5.46. The SMILES string of the molecule is CC(=O)c1ccnc(N(C)C2CCSC2)c1. The van der Waals surface area contributed by atoms with E-state index in [1.54, 1.807) is 19.2 Å². The van der Waals surface area contributed by atoms with Gasteiger partial charge in [-0.05, 0) is 31.2 Å². The molecule has 3 nitrogen and oxygen atoms in total. The highest BCUT2D eigenvalue weighted by Crippen LogP contribution is 2.25. The third-order valence-electron chi connectivity index (χ3n) is 2.97. The second kappa shape index (κ2) is 4.87. The van der Waals surface area contributed by atoms with Gasteiger partial charge in [-0.25, -0.2) is 4.98 Å². The zero-order valence-corrected chi connectivity index (χ0v) is 10.5. The first-order chi connectivity index (χ1) is 7.68. The summed E-state index contributed by atoms with van der Waals surface area (Å²) in [6.45, 7) is 1.59. The van der Waals surface area contributed by atoms with Gasteiger partial charge in [0.1, 0.15) is 5.82 Å². The van der Waals surface area contributed by atoms with Gasteiger partial charge in [-0.2, -0.15) is 11.8 Å². The summed E-state index contributed by atoms with van der Waals surface area (Å²) in [5.41, 5.74) is 0.738. The minimum atomic E-state index is 0.0952. The Balaban J connectivity index is 2.18. The van der Waals surface area contributed by atoms with Gasteiger partial charge in [0, 0.05) is 30.6 Å². The number of hydrogen-bond acceptors (Lipinski definition) is 4. The number of carbonyl (C=O) groups excluding carboxylic acids is 1. The lowest BCUT2D eigenvalue weighted by Gasteiger charge is -2.24. The molecule has 4 heteroatoms. The van der Waals surface area contributed by atoms with Gasteiger partial charge in [0.25, 0.3) is 0 Å². The number of hydrogen-bond donors (Lipinski definition) is 0. The maximum absolute atomic E-state index is 11.3. The standard InChI is InChI=1S/C12H16N2OS/c1-9(15)10-3-5-13-12(7-10)14(2)11-4-6-16-8-11/h3,5,7,11H,4,6,8H2,1-2H3. The highest BCUT2D eigenvalue weighted by molar-refractivity contribution is 7.99. The third-order valence-corrected chi connectivity index (χ3v) is 4.11. The summed E-state index contributed by atoms with van der Waals surface area (Å²) in [7, 11) is 2.06. The first-order valence-corrected chi connectivity index (χ1v) is 6.61. The van der Waals surface area contributed by atoms with E-state index in [1.807, 2.05) is 17.8 Å². The summed E-state index contributed by atoms with van der Waals surface area (Å²) in [4.78, 5) is 17.8. The van der Waals surface area contributed by atoms with Crippen LogP contribution >= 0.6 is 11.8 Å². The van der Waals surface area contributed by atoms with Gasteiger partial charge in [-0.15, -0.1) is 0 Å². The van der Waals surface area contributed by atoms with Crippen LogP contribution in [0.3, 0.4) is 0 Å². The molecule has 0 saturated carbocycles. The maximum atomic E-state index is 11.3. The van der Waals surface area contributed by atoms with Gasteiger partial charge in [0.2, 0.25) is 0 Å².